The van der Waals surface area contributed by atoms with Crippen LogP contribution in [-0.2, 0) is 10.0 Å². The van der Waals surface area contributed by atoms with Gasteiger partial charge >= 0.3 is 0 Å². The summed E-state index contributed by atoms with van der Waals surface area (Å²) in [6.07, 6.45) is 1.39. The fraction of sp³-hybridized carbons (Fsp3) is 0.154. The van der Waals surface area contributed by atoms with Gasteiger partial charge in [0.25, 0.3) is 0 Å². The predicted octanol–water partition coefficient (Wildman–Crippen LogP) is 2.13. The number of sulfonamides is 1. The van der Waals surface area contributed by atoms with Gasteiger partial charge in [-0.05, 0) is 30.7 Å². The molecule has 0 bridgehead atoms. The Morgan fingerprint density at radius 1 is 1.26 bits per heavy atom. The van der Waals surface area contributed by atoms with Crippen LogP contribution >= 0.6 is 0 Å². The number of rotatable bonds is 4. The molecule has 1 aromatic carbocycles. The Bertz CT molecular complexity index is 700. The van der Waals surface area contributed by atoms with E-state index in [0.29, 0.717) is 5.56 Å². The standard InChI is InChI=1S/C13H12N2O3S/c1-10-5-2-3-7-13(10)19(16,17)15-11(9-14)12-6-4-8-18-12/h2-8,11,15H,1H3. The summed E-state index contributed by atoms with van der Waals surface area (Å²) in [5, 5.41) is 9.04. The number of aryl methyl sites for hydroxylation is 1. The van der Waals surface area contributed by atoms with Crippen LogP contribution in [-0.4, -0.2) is 8.42 Å². The van der Waals surface area contributed by atoms with Crippen molar-refractivity contribution in [3.05, 3.63) is 54.0 Å². The lowest BCUT2D eigenvalue weighted by atomic mass is 10.2. The van der Waals surface area contributed by atoms with Crippen molar-refractivity contribution in [1.82, 2.24) is 4.72 Å². The molecule has 0 saturated carbocycles. The molecule has 0 aliphatic rings. The topological polar surface area (TPSA) is 83.1 Å². The van der Waals surface area contributed by atoms with Crippen molar-refractivity contribution < 1.29 is 12.8 Å². The first kappa shape index (κ1) is 13.3. The van der Waals surface area contributed by atoms with Gasteiger partial charge in [0.15, 0.2) is 6.04 Å². The first-order chi connectivity index (χ1) is 9.04. The highest BCUT2D eigenvalue weighted by molar-refractivity contribution is 7.89. The van der Waals surface area contributed by atoms with Gasteiger partial charge in [0.05, 0.1) is 17.2 Å². The maximum absolute atomic E-state index is 12.2. The minimum Gasteiger partial charge on any atom is -0.467 e. The fourth-order valence-corrected chi connectivity index (χ4v) is 3.04. The third-order valence-electron chi connectivity index (χ3n) is 2.61. The third kappa shape index (κ3) is 2.84. The minimum absolute atomic E-state index is 0.154. The van der Waals surface area contributed by atoms with Gasteiger partial charge in [0.2, 0.25) is 10.0 Å². The van der Waals surface area contributed by atoms with Gasteiger partial charge in [-0.3, -0.25) is 0 Å². The molecule has 98 valence electrons. The largest absolute Gasteiger partial charge is 0.467 e. The molecule has 0 aliphatic carbocycles. The summed E-state index contributed by atoms with van der Waals surface area (Å²) in [5.74, 6) is 0.264. The second-order valence-electron chi connectivity index (χ2n) is 3.96. The molecular weight excluding hydrogens is 264 g/mol. The maximum atomic E-state index is 12.2. The summed E-state index contributed by atoms with van der Waals surface area (Å²) < 4.78 is 31.8. The Balaban J connectivity index is 2.32. The lowest BCUT2D eigenvalue weighted by Crippen LogP contribution is -2.28. The number of nitrogens with one attached hydrogen (secondary N) is 1. The molecule has 1 atom stereocenters. The van der Waals surface area contributed by atoms with E-state index >= 15 is 0 Å². The van der Waals surface area contributed by atoms with Crippen LogP contribution in [0.3, 0.4) is 0 Å². The molecular formula is C13H12N2O3S. The SMILES string of the molecule is Cc1ccccc1S(=O)(=O)NC(C#N)c1ccco1. The molecule has 19 heavy (non-hydrogen) atoms. The van der Waals surface area contributed by atoms with Crippen molar-refractivity contribution in [1.29, 1.82) is 5.26 Å². The van der Waals surface area contributed by atoms with E-state index in [0.717, 1.165) is 0 Å². The summed E-state index contributed by atoms with van der Waals surface area (Å²) in [4.78, 5) is 0.154. The number of hydrogen-bond acceptors (Lipinski definition) is 4. The second kappa shape index (κ2) is 5.26. The molecule has 0 spiro atoms. The van der Waals surface area contributed by atoms with Gasteiger partial charge in [-0.25, -0.2) is 8.42 Å². The average Bonchev–Trinajstić information content (AvgIpc) is 2.90. The van der Waals surface area contributed by atoms with Crippen LogP contribution in [0.5, 0.6) is 0 Å². The zero-order valence-corrected chi connectivity index (χ0v) is 11.0. The van der Waals surface area contributed by atoms with Gasteiger partial charge < -0.3 is 4.42 Å². The van der Waals surface area contributed by atoms with E-state index in [2.05, 4.69) is 4.72 Å². The smallest absolute Gasteiger partial charge is 0.242 e. The molecule has 0 radical (unpaired) electrons. The van der Waals surface area contributed by atoms with E-state index in [4.69, 9.17) is 9.68 Å². The Kier molecular flexibility index (Phi) is 3.69. The molecule has 0 saturated heterocycles. The monoisotopic (exact) mass is 276 g/mol. The van der Waals surface area contributed by atoms with E-state index in [-0.39, 0.29) is 10.7 Å². The van der Waals surface area contributed by atoms with Crippen LogP contribution in [0, 0.1) is 18.3 Å². The van der Waals surface area contributed by atoms with E-state index in [1.165, 1.54) is 12.3 Å². The molecule has 0 fully saturated rings. The van der Waals surface area contributed by atoms with Crippen molar-refractivity contribution >= 4 is 10.0 Å². The molecule has 5 nitrogen and oxygen atoms in total. The van der Waals surface area contributed by atoms with Gasteiger partial charge in [0.1, 0.15) is 5.76 Å². The summed E-state index contributed by atoms with van der Waals surface area (Å²) in [6, 6.07) is 10.6. The number of nitriles is 1. The van der Waals surface area contributed by atoms with Crippen LogP contribution in [0.25, 0.3) is 0 Å². The normalized spacial score (nSPS) is 12.8. The summed E-state index contributed by atoms with van der Waals surface area (Å²) >= 11 is 0. The second-order valence-corrected chi connectivity index (χ2v) is 5.65. The van der Waals surface area contributed by atoms with Crippen LogP contribution in [0.15, 0.2) is 52.0 Å². The lowest BCUT2D eigenvalue weighted by molar-refractivity contribution is 0.479. The molecule has 2 rings (SSSR count). The van der Waals surface area contributed by atoms with Crippen molar-refractivity contribution in [3.63, 3.8) is 0 Å². The highest BCUT2D eigenvalue weighted by Crippen LogP contribution is 2.19. The van der Waals surface area contributed by atoms with Crippen molar-refractivity contribution in [2.24, 2.45) is 0 Å². The zero-order chi connectivity index (χ0) is 13.9. The van der Waals surface area contributed by atoms with Crippen molar-refractivity contribution in [2.45, 2.75) is 17.9 Å². The summed E-state index contributed by atoms with van der Waals surface area (Å²) in [5.41, 5.74) is 0.617. The third-order valence-corrected chi connectivity index (χ3v) is 4.20. The number of hydrogen-bond donors (Lipinski definition) is 1. The molecule has 1 aromatic heterocycles. The number of benzene rings is 1. The van der Waals surface area contributed by atoms with Crippen LogP contribution in [0.4, 0.5) is 0 Å². The van der Waals surface area contributed by atoms with E-state index < -0.39 is 16.1 Å². The number of nitrogens with zero attached hydrogens (tertiary/aromatic N) is 1. The van der Waals surface area contributed by atoms with E-state index in [1.807, 2.05) is 6.07 Å². The Labute approximate surface area is 111 Å². The van der Waals surface area contributed by atoms with Gasteiger partial charge in [-0.1, -0.05) is 18.2 Å². The lowest BCUT2D eigenvalue weighted by Gasteiger charge is -2.11. The van der Waals surface area contributed by atoms with Gasteiger partial charge in [0, 0.05) is 0 Å². The summed E-state index contributed by atoms with van der Waals surface area (Å²) in [7, 11) is -3.76. The Morgan fingerprint density at radius 2 is 2.00 bits per heavy atom. The predicted molar refractivity (Wildman–Crippen MR) is 68.6 cm³/mol. The van der Waals surface area contributed by atoms with Gasteiger partial charge in [-0.15, -0.1) is 0 Å². The molecule has 1 N–H and O–H groups in total. The Morgan fingerprint density at radius 3 is 2.58 bits per heavy atom. The maximum Gasteiger partial charge on any atom is 0.242 e. The van der Waals surface area contributed by atoms with Crippen LogP contribution in [0.2, 0.25) is 0 Å². The van der Waals surface area contributed by atoms with E-state index in [9.17, 15) is 8.42 Å². The first-order valence-electron chi connectivity index (χ1n) is 5.55. The Hall–Kier alpha value is -2.10. The van der Waals surface area contributed by atoms with Crippen molar-refractivity contribution in [3.8, 4) is 6.07 Å². The quantitative estimate of drug-likeness (QED) is 0.927. The molecule has 6 heteroatoms. The van der Waals surface area contributed by atoms with Crippen LogP contribution < -0.4 is 4.72 Å². The van der Waals surface area contributed by atoms with Crippen LogP contribution in [0.1, 0.15) is 17.4 Å². The molecule has 0 aliphatic heterocycles. The van der Waals surface area contributed by atoms with E-state index in [1.54, 1.807) is 37.3 Å². The number of furan rings is 1. The van der Waals surface area contributed by atoms with Crippen molar-refractivity contribution in [2.75, 3.05) is 0 Å². The molecule has 0 amide bonds. The highest BCUT2D eigenvalue weighted by Gasteiger charge is 2.23. The fourth-order valence-electron chi connectivity index (χ4n) is 1.68. The highest BCUT2D eigenvalue weighted by atomic mass is 32.2. The molecule has 2 aromatic rings. The molecule has 1 heterocycles. The average molecular weight is 276 g/mol. The zero-order valence-electron chi connectivity index (χ0n) is 10.2. The first-order valence-corrected chi connectivity index (χ1v) is 7.04. The molecule has 1 unspecified atom stereocenters. The summed E-state index contributed by atoms with van der Waals surface area (Å²) in [6.45, 7) is 1.70. The van der Waals surface area contributed by atoms with Gasteiger partial charge in [-0.2, -0.15) is 9.98 Å². The minimum atomic E-state index is -3.76.